The van der Waals surface area contributed by atoms with Gasteiger partial charge in [0.2, 0.25) is 5.91 Å². The van der Waals surface area contributed by atoms with Crippen LogP contribution in [0.1, 0.15) is 40.5 Å². The maximum atomic E-state index is 13.0. The lowest BCUT2D eigenvalue weighted by Gasteiger charge is -2.33. The number of carbonyl (C=O) groups is 2. The second-order valence-corrected chi connectivity index (χ2v) is 7.55. The summed E-state index contributed by atoms with van der Waals surface area (Å²) in [5.41, 5.74) is 6.30. The Kier molecular flexibility index (Phi) is 6.03. The SMILES string of the molecule is CC1CCN(c2ccc([N+](=O)[O-])cc2C(=O)Nc2cc(C(N)=O)ccc2Cl)CC1. The zero-order chi connectivity index (χ0) is 21.1. The molecule has 0 radical (unpaired) electrons. The highest BCUT2D eigenvalue weighted by molar-refractivity contribution is 6.34. The summed E-state index contributed by atoms with van der Waals surface area (Å²) in [6.45, 7) is 3.70. The van der Waals surface area contributed by atoms with Gasteiger partial charge in [-0.2, -0.15) is 0 Å². The monoisotopic (exact) mass is 416 g/mol. The lowest BCUT2D eigenvalue weighted by molar-refractivity contribution is -0.384. The lowest BCUT2D eigenvalue weighted by atomic mass is 9.97. The van der Waals surface area contributed by atoms with Crippen molar-refractivity contribution in [3.63, 3.8) is 0 Å². The third kappa shape index (κ3) is 4.65. The van der Waals surface area contributed by atoms with E-state index in [-0.39, 0.29) is 27.5 Å². The van der Waals surface area contributed by atoms with Crippen LogP contribution in [0, 0.1) is 16.0 Å². The summed E-state index contributed by atoms with van der Waals surface area (Å²) in [5, 5.41) is 14.1. The molecule has 0 bridgehead atoms. The number of hydrogen-bond acceptors (Lipinski definition) is 5. The third-order valence-electron chi connectivity index (χ3n) is 5.06. The molecular formula is C20H21ClN4O4. The van der Waals surface area contributed by atoms with E-state index in [1.165, 1.54) is 30.3 Å². The summed E-state index contributed by atoms with van der Waals surface area (Å²) in [7, 11) is 0. The van der Waals surface area contributed by atoms with Crippen molar-refractivity contribution >= 4 is 40.5 Å². The second kappa shape index (κ2) is 8.48. The molecule has 1 fully saturated rings. The van der Waals surface area contributed by atoms with E-state index in [2.05, 4.69) is 17.1 Å². The Balaban J connectivity index is 1.96. The number of hydrogen-bond donors (Lipinski definition) is 2. The van der Waals surface area contributed by atoms with Crippen LogP contribution in [0.2, 0.25) is 5.02 Å². The van der Waals surface area contributed by atoms with Crippen molar-refractivity contribution in [2.75, 3.05) is 23.3 Å². The molecule has 2 aromatic carbocycles. The van der Waals surface area contributed by atoms with Crippen LogP contribution in [-0.4, -0.2) is 29.8 Å². The minimum atomic E-state index is -0.657. The fourth-order valence-electron chi connectivity index (χ4n) is 3.31. The Hall–Kier alpha value is -3.13. The van der Waals surface area contributed by atoms with Gasteiger partial charge in [0.25, 0.3) is 11.6 Å². The number of nitrogens with zero attached hydrogens (tertiary/aromatic N) is 2. The van der Waals surface area contributed by atoms with Crippen molar-refractivity contribution in [3.8, 4) is 0 Å². The zero-order valence-corrected chi connectivity index (χ0v) is 16.6. The number of halogens is 1. The summed E-state index contributed by atoms with van der Waals surface area (Å²) in [4.78, 5) is 37.2. The highest BCUT2D eigenvalue weighted by Gasteiger charge is 2.24. The first-order chi connectivity index (χ1) is 13.8. The van der Waals surface area contributed by atoms with Crippen molar-refractivity contribution in [2.45, 2.75) is 19.8 Å². The number of nitro groups is 1. The molecule has 2 amide bonds. The molecule has 29 heavy (non-hydrogen) atoms. The normalized spacial score (nSPS) is 14.5. The van der Waals surface area contributed by atoms with Crippen LogP contribution in [0.4, 0.5) is 17.1 Å². The van der Waals surface area contributed by atoms with Crippen LogP contribution >= 0.6 is 11.6 Å². The number of nitrogens with two attached hydrogens (primary N) is 1. The van der Waals surface area contributed by atoms with E-state index in [0.717, 1.165) is 25.9 Å². The topological polar surface area (TPSA) is 119 Å². The van der Waals surface area contributed by atoms with Gasteiger partial charge in [-0.15, -0.1) is 0 Å². The quantitative estimate of drug-likeness (QED) is 0.567. The second-order valence-electron chi connectivity index (χ2n) is 7.14. The van der Waals surface area contributed by atoms with E-state index in [1.54, 1.807) is 6.07 Å². The minimum Gasteiger partial charge on any atom is -0.371 e. The molecule has 3 N–H and O–H groups in total. The Morgan fingerprint density at radius 3 is 2.52 bits per heavy atom. The van der Waals surface area contributed by atoms with E-state index >= 15 is 0 Å². The standard InChI is InChI=1S/C20H21ClN4O4/c1-12-6-8-24(9-7-12)18-5-3-14(25(28)29)11-15(18)20(27)23-17-10-13(19(22)26)2-4-16(17)21/h2-5,10-12H,6-9H2,1H3,(H2,22,26)(H,23,27). The van der Waals surface area contributed by atoms with Crippen molar-refractivity contribution in [2.24, 2.45) is 11.7 Å². The number of carbonyl (C=O) groups excluding carboxylic acids is 2. The van der Waals surface area contributed by atoms with Gasteiger partial charge < -0.3 is 16.0 Å². The summed E-state index contributed by atoms with van der Waals surface area (Å²) < 4.78 is 0. The molecule has 0 aliphatic carbocycles. The Morgan fingerprint density at radius 1 is 1.21 bits per heavy atom. The molecule has 8 nitrogen and oxygen atoms in total. The molecule has 3 rings (SSSR count). The average Bonchev–Trinajstić information content (AvgIpc) is 2.69. The fourth-order valence-corrected chi connectivity index (χ4v) is 3.47. The van der Waals surface area contributed by atoms with Gasteiger partial charge in [-0.05, 0) is 43.0 Å². The molecule has 1 heterocycles. The molecule has 0 atom stereocenters. The Labute approximate surface area is 172 Å². The van der Waals surface area contributed by atoms with Gasteiger partial charge >= 0.3 is 0 Å². The summed E-state index contributed by atoms with van der Waals surface area (Å²) in [6, 6.07) is 8.54. The lowest BCUT2D eigenvalue weighted by Crippen LogP contribution is -2.34. The number of primary amides is 1. The molecule has 1 saturated heterocycles. The number of nitrogens with one attached hydrogen (secondary N) is 1. The van der Waals surface area contributed by atoms with Crippen LogP contribution in [0.5, 0.6) is 0 Å². The number of benzene rings is 2. The van der Waals surface area contributed by atoms with Crippen LogP contribution in [-0.2, 0) is 0 Å². The fraction of sp³-hybridized carbons (Fsp3) is 0.300. The zero-order valence-electron chi connectivity index (χ0n) is 15.9. The van der Waals surface area contributed by atoms with Crippen LogP contribution in [0.15, 0.2) is 36.4 Å². The largest absolute Gasteiger partial charge is 0.371 e. The molecule has 1 aliphatic heterocycles. The van der Waals surface area contributed by atoms with Crippen LogP contribution < -0.4 is 16.0 Å². The number of anilines is 2. The van der Waals surface area contributed by atoms with Gasteiger partial charge in [-0.1, -0.05) is 18.5 Å². The summed E-state index contributed by atoms with van der Waals surface area (Å²) >= 11 is 6.13. The van der Waals surface area contributed by atoms with Gasteiger partial charge in [0.1, 0.15) is 0 Å². The molecule has 0 aromatic heterocycles. The summed E-state index contributed by atoms with van der Waals surface area (Å²) in [6.07, 6.45) is 1.95. The third-order valence-corrected chi connectivity index (χ3v) is 5.39. The van der Waals surface area contributed by atoms with E-state index in [4.69, 9.17) is 17.3 Å². The molecular weight excluding hydrogens is 396 g/mol. The number of non-ortho nitro benzene ring substituents is 1. The summed E-state index contributed by atoms with van der Waals surface area (Å²) in [5.74, 6) is -0.613. The van der Waals surface area contributed by atoms with Gasteiger partial charge in [0, 0.05) is 30.8 Å². The molecule has 1 aliphatic rings. The van der Waals surface area contributed by atoms with Crippen molar-refractivity contribution in [3.05, 3.63) is 62.7 Å². The number of amides is 2. The molecule has 2 aromatic rings. The Bertz CT molecular complexity index is 971. The Morgan fingerprint density at radius 2 is 1.90 bits per heavy atom. The average molecular weight is 417 g/mol. The van der Waals surface area contributed by atoms with Gasteiger partial charge in [-0.25, -0.2) is 0 Å². The van der Waals surface area contributed by atoms with E-state index in [9.17, 15) is 19.7 Å². The maximum absolute atomic E-state index is 13.0. The first-order valence-electron chi connectivity index (χ1n) is 9.20. The van der Waals surface area contributed by atoms with Crippen molar-refractivity contribution in [1.82, 2.24) is 0 Å². The van der Waals surface area contributed by atoms with Gasteiger partial charge in [0.05, 0.1) is 26.9 Å². The van der Waals surface area contributed by atoms with E-state index in [0.29, 0.717) is 11.6 Å². The van der Waals surface area contributed by atoms with E-state index in [1.807, 2.05) is 0 Å². The predicted octanol–water partition coefficient (Wildman–Crippen LogP) is 3.84. The number of nitro benzene ring substituents is 1. The first-order valence-corrected chi connectivity index (χ1v) is 9.58. The predicted molar refractivity (Wildman–Crippen MR) is 112 cm³/mol. The van der Waals surface area contributed by atoms with Crippen molar-refractivity contribution in [1.29, 1.82) is 0 Å². The van der Waals surface area contributed by atoms with Gasteiger partial charge in [-0.3, -0.25) is 19.7 Å². The molecule has 9 heteroatoms. The highest BCUT2D eigenvalue weighted by Crippen LogP contribution is 2.31. The molecule has 0 unspecified atom stereocenters. The van der Waals surface area contributed by atoms with Crippen LogP contribution in [0.3, 0.4) is 0 Å². The maximum Gasteiger partial charge on any atom is 0.270 e. The van der Waals surface area contributed by atoms with Gasteiger partial charge in [0.15, 0.2) is 0 Å². The highest BCUT2D eigenvalue weighted by atomic mass is 35.5. The van der Waals surface area contributed by atoms with Crippen LogP contribution in [0.25, 0.3) is 0 Å². The molecule has 0 saturated carbocycles. The van der Waals surface area contributed by atoms with E-state index < -0.39 is 16.7 Å². The molecule has 152 valence electrons. The number of rotatable bonds is 5. The smallest absolute Gasteiger partial charge is 0.270 e. The molecule has 0 spiro atoms. The first kappa shape index (κ1) is 20.6. The number of piperidine rings is 1. The van der Waals surface area contributed by atoms with Crippen molar-refractivity contribution < 1.29 is 14.5 Å². The minimum absolute atomic E-state index is 0.175.